The van der Waals surface area contributed by atoms with E-state index in [0.29, 0.717) is 5.69 Å². The highest BCUT2D eigenvalue weighted by Gasteiger charge is 2.16. The third-order valence-electron chi connectivity index (χ3n) is 2.96. The molecular formula is C15H11NO2. The number of fused-ring (bicyclic) bond motifs is 1. The van der Waals surface area contributed by atoms with Gasteiger partial charge in [-0.2, -0.15) is 0 Å². The smallest absolute Gasteiger partial charge is 0.353 e. The number of rotatable bonds is 2. The molecule has 0 fully saturated rings. The molecule has 3 heteroatoms. The minimum absolute atomic E-state index is 0.303. The molecule has 0 amide bonds. The molecule has 3 nitrogen and oxygen atoms in total. The molecule has 0 radical (unpaired) electrons. The minimum atomic E-state index is -0.917. The minimum Gasteiger partial charge on any atom is -0.477 e. The van der Waals surface area contributed by atoms with Crippen molar-refractivity contribution < 1.29 is 9.90 Å². The fraction of sp³-hybridized carbons (Fsp3) is 0. The van der Waals surface area contributed by atoms with Crippen molar-refractivity contribution in [3.63, 3.8) is 0 Å². The zero-order chi connectivity index (χ0) is 12.5. The average molecular weight is 237 g/mol. The molecular weight excluding hydrogens is 226 g/mol. The number of aromatic carboxylic acids is 1. The topological polar surface area (TPSA) is 42.2 Å². The number of hydrogen-bond acceptors (Lipinski definition) is 1. The van der Waals surface area contributed by atoms with Crippen LogP contribution in [0.2, 0.25) is 0 Å². The Morgan fingerprint density at radius 2 is 1.61 bits per heavy atom. The first-order chi connectivity index (χ1) is 8.77. The van der Waals surface area contributed by atoms with Crippen LogP contribution in [0.4, 0.5) is 0 Å². The number of aromatic nitrogens is 1. The summed E-state index contributed by atoms with van der Waals surface area (Å²) in [5.74, 6) is -0.917. The van der Waals surface area contributed by atoms with Crippen LogP contribution >= 0.6 is 0 Å². The van der Waals surface area contributed by atoms with E-state index < -0.39 is 5.97 Å². The number of carboxylic acid groups (broad SMARTS) is 1. The van der Waals surface area contributed by atoms with E-state index in [1.54, 1.807) is 4.57 Å². The molecule has 3 aromatic rings. The van der Waals surface area contributed by atoms with Gasteiger partial charge in [-0.25, -0.2) is 4.79 Å². The number of carboxylic acids is 1. The average Bonchev–Trinajstić information content (AvgIpc) is 2.79. The van der Waals surface area contributed by atoms with Crippen LogP contribution in [0.1, 0.15) is 10.5 Å². The molecule has 0 aliphatic rings. The quantitative estimate of drug-likeness (QED) is 0.742. The molecule has 0 aliphatic heterocycles. The van der Waals surface area contributed by atoms with Gasteiger partial charge in [0.05, 0.1) is 0 Å². The Bertz CT molecular complexity index is 714. The number of carbonyl (C=O) groups is 1. The van der Waals surface area contributed by atoms with E-state index in [2.05, 4.69) is 0 Å². The van der Waals surface area contributed by atoms with Gasteiger partial charge in [0.15, 0.2) is 0 Å². The van der Waals surface area contributed by atoms with Crippen LogP contribution in [0, 0.1) is 0 Å². The molecule has 0 bridgehead atoms. The van der Waals surface area contributed by atoms with Crippen molar-refractivity contribution >= 4 is 16.7 Å². The van der Waals surface area contributed by atoms with Crippen LogP contribution in [0.15, 0.2) is 60.8 Å². The Morgan fingerprint density at radius 1 is 0.944 bits per heavy atom. The Balaban J connectivity index is 2.36. The molecule has 0 atom stereocenters. The molecule has 1 heterocycles. The van der Waals surface area contributed by atoms with Gasteiger partial charge >= 0.3 is 5.97 Å². The summed E-state index contributed by atoms with van der Waals surface area (Å²) >= 11 is 0. The molecule has 88 valence electrons. The van der Waals surface area contributed by atoms with E-state index in [4.69, 9.17) is 0 Å². The lowest BCUT2D eigenvalue weighted by molar-refractivity contribution is 0.0690. The Hall–Kier alpha value is -2.55. The third-order valence-corrected chi connectivity index (χ3v) is 2.96. The van der Waals surface area contributed by atoms with Crippen LogP contribution < -0.4 is 0 Å². The number of para-hydroxylation sites is 1. The van der Waals surface area contributed by atoms with Crippen LogP contribution in [0.25, 0.3) is 16.5 Å². The lowest BCUT2D eigenvalue weighted by Crippen LogP contribution is -2.05. The predicted molar refractivity (Wildman–Crippen MR) is 70.2 cm³/mol. The van der Waals surface area contributed by atoms with Gasteiger partial charge in [-0.05, 0) is 12.1 Å². The van der Waals surface area contributed by atoms with Crippen molar-refractivity contribution in [1.82, 2.24) is 4.57 Å². The highest BCUT2D eigenvalue weighted by atomic mass is 16.4. The lowest BCUT2D eigenvalue weighted by Gasteiger charge is -2.05. The molecule has 0 saturated carbocycles. The summed E-state index contributed by atoms with van der Waals surface area (Å²) in [7, 11) is 0. The van der Waals surface area contributed by atoms with E-state index >= 15 is 0 Å². The van der Waals surface area contributed by atoms with Crippen molar-refractivity contribution in [2.45, 2.75) is 0 Å². The largest absolute Gasteiger partial charge is 0.477 e. The molecule has 0 unspecified atom stereocenters. The monoisotopic (exact) mass is 237 g/mol. The SMILES string of the molecule is O=C(O)c1c2ccccc2cn1-c1ccccc1. The number of hydrogen-bond donors (Lipinski definition) is 1. The normalized spacial score (nSPS) is 10.7. The molecule has 2 aromatic carbocycles. The van der Waals surface area contributed by atoms with Crippen LogP contribution in [0.3, 0.4) is 0 Å². The van der Waals surface area contributed by atoms with Crippen molar-refractivity contribution in [2.24, 2.45) is 0 Å². The Kier molecular flexibility index (Phi) is 2.38. The summed E-state index contributed by atoms with van der Waals surface area (Å²) in [6.45, 7) is 0. The molecule has 1 aromatic heterocycles. The zero-order valence-corrected chi connectivity index (χ0v) is 9.58. The highest BCUT2D eigenvalue weighted by molar-refractivity contribution is 6.03. The maximum atomic E-state index is 11.4. The van der Waals surface area contributed by atoms with Gasteiger partial charge in [0, 0.05) is 22.7 Å². The van der Waals surface area contributed by atoms with E-state index in [1.807, 2.05) is 60.8 Å². The van der Waals surface area contributed by atoms with Gasteiger partial charge in [0.25, 0.3) is 0 Å². The van der Waals surface area contributed by atoms with Gasteiger partial charge in [-0.3, -0.25) is 0 Å². The first kappa shape index (κ1) is 10.6. The summed E-state index contributed by atoms with van der Waals surface area (Å²) in [5, 5.41) is 11.1. The summed E-state index contributed by atoms with van der Waals surface area (Å²) < 4.78 is 1.72. The van der Waals surface area contributed by atoms with Crippen LogP contribution in [-0.4, -0.2) is 15.6 Å². The van der Waals surface area contributed by atoms with Gasteiger partial charge in [-0.15, -0.1) is 0 Å². The number of nitrogens with zero attached hydrogens (tertiary/aromatic N) is 1. The van der Waals surface area contributed by atoms with Crippen LogP contribution in [0.5, 0.6) is 0 Å². The second-order valence-corrected chi connectivity index (χ2v) is 4.08. The van der Waals surface area contributed by atoms with Gasteiger partial charge in [0.1, 0.15) is 5.69 Å². The molecule has 0 spiro atoms. The Labute approximate surface area is 104 Å². The lowest BCUT2D eigenvalue weighted by atomic mass is 10.2. The molecule has 18 heavy (non-hydrogen) atoms. The molecule has 1 N–H and O–H groups in total. The molecule has 0 aliphatic carbocycles. The van der Waals surface area contributed by atoms with Gasteiger partial charge in [0.2, 0.25) is 0 Å². The maximum absolute atomic E-state index is 11.4. The van der Waals surface area contributed by atoms with Crippen LogP contribution in [-0.2, 0) is 0 Å². The highest BCUT2D eigenvalue weighted by Crippen LogP contribution is 2.24. The summed E-state index contributed by atoms with van der Waals surface area (Å²) in [5.41, 5.74) is 1.16. The zero-order valence-electron chi connectivity index (χ0n) is 9.58. The van der Waals surface area contributed by atoms with Gasteiger partial charge in [-0.1, -0.05) is 42.5 Å². The fourth-order valence-corrected chi connectivity index (χ4v) is 2.17. The van der Waals surface area contributed by atoms with Crippen molar-refractivity contribution in [3.05, 3.63) is 66.5 Å². The standard InChI is InChI=1S/C15H11NO2/c17-15(18)14-13-9-5-4-6-11(13)10-16(14)12-7-2-1-3-8-12/h1-10H,(H,17,18). The summed E-state index contributed by atoms with van der Waals surface area (Å²) in [6, 6.07) is 17.0. The maximum Gasteiger partial charge on any atom is 0.353 e. The third kappa shape index (κ3) is 1.57. The second kappa shape index (κ2) is 4.04. The molecule has 0 saturated heterocycles. The van der Waals surface area contributed by atoms with Gasteiger partial charge < -0.3 is 9.67 Å². The van der Waals surface area contributed by atoms with Crippen molar-refractivity contribution in [3.8, 4) is 5.69 Å². The summed E-state index contributed by atoms with van der Waals surface area (Å²) in [4.78, 5) is 11.4. The van der Waals surface area contributed by atoms with E-state index in [0.717, 1.165) is 16.5 Å². The number of benzene rings is 2. The van der Waals surface area contributed by atoms with E-state index in [1.165, 1.54) is 0 Å². The second-order valence-electron chi connectivity index (χ2n) is 4.08. The van der Waals surface area contributed by atoms with E-state index in [9.17, 15) is 9.90 Å². The Morgan fingerprint density at radius 3 is 2.33 bits per heavy atom. The van der Waals surface area contributed by atoms with E-state index in [-0.39, 0.29) is 0 Å². The fourth-order valence-electron chi connectivity index (χ4n) is 2.17. The summed E-state index contributed by atoms with van der Waals surface area (Å²) in [6.07, 6.45) is 1.86. The predicted octanol–water partition coefficient (Wildman–Crippen LogP) is 3.33. The first-order valence-electron chi connectivity index (χ1n) is 5.66. The molecule has 3 rings (SSSR count). The van der Waals surface area contributed by atoms with Crippen molar-refractivity contribution in [1.29, 1.82) is 0 Å². The van der Waals surface area contributed by atoms with Crippen molar-refractivity contribution in [2.75, 3.05) is 0 Å². The first-order valence-corrected chi connectivity index (χ1v) is 5.66.